The van der Waals surface area contributed by atoms with Crippen molar-refractivity contribution in [2.24, 2.45) is 0 Å². The van der Waals surface area contributed by atoms with Gasteiger partial charge in [-0.25, -0.2) is 4.90 Å². The lowest BCUT2D eigenvalue weighted by Crippen LogP contribution is -2.32. The molecule has 0 atom stereocenters. The molecule has 3 aromatic rings. The van der Waals surface area contributed by atoms with Gasteiger partial charge in [0.25, 0.3) is 11.8 Å². The molecule has 0 saturated carbocycles. The lowest BCUT2D eigenvalue weighted by Gasteiger charge is -2.19. The van der Waals surface area contributed by atoms with Crippen molar-refractivity contribution >= 4 is 40.4 Å². The Labute approximate surface area is 197 Å². The van der Waals surface area contributed by atoms with Gasteiger partial charge in [0.05, 0.1) is 25.5 Å². The lowest BCUT2D eigenvalue weighted by atomic mass is 10.0. The standard InChI is InChI=1S/C26H23ClN2O4/c1-15-8-13-22(33-4)21(14-15)29-25(30)23(17-9-11-18(32-3)12-10-17)24(26(29)31)28-20-7-5-6-19(27)16(20)2/h5-14,28H,1-4H3. The number of hydrogen-bond acceptors (Lipinski definition) is 5. The summed E-state index contributed by atoms with van der Waals surface area (Å²) in [5.41, 5.74) is 3.70. The van der Waals surface area contributed by atoms with Crippen LogP contribution in [0.1, 0.15) is 16.7 Å². The quantitative estimate of drug-likeness (QED) is 0.499. The van der Waals surface area contributed by atoms with E-state index in [4.69, 9.17) is 21.1 Å². The molecule has 0 spiro atoms. The zero-order chi connectivity index (χ0) is 23.7. The summed E-state index contributed by atoms with van der Waals surface area (Å²) in [6.07, 6.45) is 0. The minimum atomic E-state index is -0.478. The number of halogens is 1. The fourth-order valence-electron chi connectivity index (χ4n) is 3.74. The molecule has 1 aliphatic heterocycles. The van der Waals surface area contributed by atoms with Gasteiger partial charge in [0, 0.05) is 10.7 Å². The van der Waals surface area contributed by atoms with Crippen molar-refractivity contribution in [2.75, 3.05) is 24.4 Å². The average Bonchev–Trinajstić information content (AvgIpc) is 3.06. The Morgan fingerprint density at radius 3 is 2.27 bits per heavy atom. The molecule has 1 N–H and O–H groups in total. The zero-order valence-corrected chi connectivity index (χ0v) is 19.5. The predicted molar refractivity (Wildman–Crippen MR) is 130 cm³/mol. The van der Waals surface area contributed by atoms with E-state index in [-0.39, 0.29) is 11.3 Å². The highest BCUT2D eigenvalue weighted by Crippen LogP contribution is 2.39. The number of imide groups is 1. The molecule has 0 aliphatic carbocycles. The number of rotatable bonds is 6. The monoisotopic (exact) mass is 462 g/mol. The average molecular weight is 463 g/mol. The molecule has 1 heterocycles. The highest BCUT2D eigenvalue weighted by Gasteiger charge is 2.41. The van der Waals surface area contributed by atoms with Crippen LogP contribution in [0.3, 0.4) is 0 Å². The van der Waals surface area contributed by atoms with Gasteiger partial charge in [0.15, 0.2) is 0 Å². The number of methoxy groups -OCH3 is 2. The Bertz CT molecular complexity index is 1280. The number of carbonyl (C=O) groups is 2. The van der Waals surface area contributed by atoms with Crippen molar-refractivity contribution in [1.29, 1.82) is 0 Å². The number of hydrogen-bond donors (Lipinski definition) is 1. The third-order valence-corrected chi connectivity index (χ3v) is 5.97. The fourth-order valence-corrected chi connectivity index (χ4v) is 3.92. The van der Waals surface area contributed by atoms with Crippen molar-refractivity contribution in [2.45, 2.75) is 13.8 Å². The minimum absolute atomic E-state index is 0.166. The summed E-state index contributed by atoms with van der Waals surface area (Å²) in [5, 5.41) is 3.73. The zero-order valence-electron chi connectivity index (χ0n) is 18.7. The summed E-state index contributed by atoms with van der Waals surface area (Å²) in [4.78, 5) is 28.5. The summed E-state index contributed by atoms with van der Waals surface area (Å²) in [7, 11) is 3.07. The topological polar surface area (TPSA) is 67.9 Å². The van der Waals surface area contributed by atoms with E-state index in [1.54, 1.807) is 55.6 Å². The highest BCUT2D eigenvalue weighted by atomic mass is 35.5. The van der Waals surface area contributed by atoms with Crippen LogP contribution >= 0.6 is 11.6 Å². The van der Waals surface area contributed by atoms with Gasteiger partial charge < -0.3 is 14.8 Å². The number of nitrogens with zero attached hydrogens (tertiary/aromatic N) is 1. The predicted octanol–water partition coefficient (Wildman–Crippen LogP) is 5.37. The van der Waals surface area contributed by atoms with Gasteiger partial charge in [-0.3, -0.25) is 9.59 Å². The van der Waals surface area contributed by atoms with Gasteiger partial charge in [-0.05, 0) is 66.9 Å². The van der Waals surface area contributed by atoms with E-state index < -0.39 is 11.8 Å². The summed E-state index contributed by atoms with van der Waals surface area (Å²) in [6, 6.07) is 17.7. The van der Waals surface area contributed by atoms with Crippen LogP contribution < -0.4 is 19.7 Å². The molecule has 0 unspecified atom stereocenters. The third-order valence-electron chi connectivity index (χ3n) is 5.57. The van der Waals surface area contributed by atoms with Gasteiger partial charge in [0.1, 0.15) is 17.2 Å². The lowest BCUT2D eigenvalue weighted by molar-refractivity contribution is -0.120. The Hall–Kier alpha value is -3.77. The fraction of sp³-hybridized carbons (Fsp3) is 0.154. The van der Waals surface area contributed by atoms with E-state index in [0.717, 1.165) is 16.0 Å². The Morgan fingerprint density at radius 1 is 0.879 bits per heavy atom. The Balaban J connectivity index is 1.88. The van der Waals surface area contributed by atoms with Crippen LogP contribution in [0.2, 0.25) is 5.02 Å². The second-order valence-electron chi connectivity index (χ2n) is 7.64. The van der Waals surface area contributed by atoms with Crippen molar-refractivity contribution in [3.8, 4) is 11.5 Å². The van der Waals surface area contributed by atoms with Crippen LogP contribution in [0.25, 0.3) is 5.57 Å². The number of carbonyl (C=O) groups excluding carboxylic acids is 2. The summed E-state index contributed by atoms with van der Waals surface area (Å²) in [6.45, 7) is 3.74. The maximum absolute atomic E-state index is 13.7. The maximum Gasteiger partial charge on any atom is 0.282 e. The first-order valence-electron chi connectivity index (χ1n) is 10.3. The third kappa shape index (κ3) is 4.05. The van der Waals surface area contributed by atoms with Gasteiger partial charge in [-0.1, -0.05) is 35.9 Å². The van der Waals surface area contributed by atoms with Crippen LogP contribution in [0, 0.1) is 13.8 Å². The maximum atomic E-state index is 13.7. The normalized spacial score (nSPS) is 13.5. The number of aryl methyl sites for hydroxylation is 1. The molecule has 3 aromatic carbocycles. The van der Waals surface area contributed by atoms with Crippen molar-refractivity contribution in [1.82, 2.24) is 0 Å². The molecule has 0 aromatic heterocycles. The number of amides is 2. The SMILES string of the molecule is COc1ccc(C2=C(Nc3cccc(Cl)c3C)C(=O)N(c3cc(C)ccc3OC)C2=O)cc1. The number of ether oxygens (including phenoxy) is 2. The van der Waals surface area contributed by atoms with Crippen LogP contribution in [-0.4, -0.2) is 26.0 Å². The molecular formula is C26H23ClN2O4. The summed E-state index contributed by atoms with van der Waals surface area (Å²) in [5.74, 6) is 0.149. The highest BCUT2D eigenvalue weighted by molar-refractivity contribution is 6.46. The van der Waals surface area contributed by atoms with Crippen LogP contribution in [-0.2, 0) is 9.59 Å². The van der Waals surface area contributed by atoms with E-state index in [2.05, 4.69) is 5.32 Å². The second-order valence-corrected chi connectivity index (χ2v) is 8.04. The molecule has 0 radical (unpaired) electrons. The molecule has 4 rings (SSSR count). The molecule has 6 nitrogen and oxygen atoms in total. The molecule has 1 aliphatic rings. The molecule has 2 amide bonds. The first-order chi connectivity index (χ1) is 15.8. The number of nitrogens with one attached hydrogen (secondary N) is 1. The molecule has 33 heavy (non-hydrogen) atoms. The smallest absolute Gasteiger partial charge is 0.282 e. The minimum Gasteiger partial charge on any atom is -0.497 e. The van der Waals surface area contributed by atoms with Crippen LogP contribution in [0.15, 0.2) is 66.4 Å². The summed E-state index contributed by atoms with van der Waals surface area (Å²) >= 11 is 6.28. The van der Waals surface area contributed by atoms with E-state index in [1.165, 1.54) is 7.11 Å². The van der Waals surface area contributed by atoms with E-state index in [1.807, 2.05) is 26.0 Å². The molecule has 0 fully saturated rings. The molecular weight excluding hydrogens is 440 g/mol. The Morgan fingerprint density at radius 2 is 1.61 bits per heavy atom. The largest absolute Gasteiger partial charge is 0.497 e. The van der Waals surface area contributed by atoms with E-state index in [0.29, 0.717) is 33.5 Å². The van der Waals surface area contributed by atoms with Crippen molar-refractivity contribution in [3.63, 3.8) is 0 Å². The van der Waals surface area contributed by atoms with Gasteiger partial charge in [0.2, 0.25) is 0 Å². The van der Waals surface area contributed by atoms with Crippen LogP contribution in [0.4, 0.5) is 11.4 Å². The summed E-state index contributed by atoms with van der Waals surface area (Å²) < 4.78 is 10.7. The number of benzene rings is 3. The van der Waals surface area contributed by atoms with Crippen molar-refractivity contribution in [3.05, 3.63) is 88.1 Å². The van der Waals surface area contributed by atoms with Gasteiger partial charge in [-0.2, -0.15) is 0 Å². The van der Waals surface area contributed by atoms with Crippen molar-refractivity contribution < 1.29 is 19.1 Å². The first kappa shape index (κ1) is 22.4. The van der Waals surface area contributed by atoms with Gasteiger partial charge in [-0.15, -0.1) is 0 Å². The molecule has 168 valence electrons. The van der Waals surface area contributed by atoms with Gasteiger partial charge >= 0.3 is 0 Å². The second kappa shape index (κ2) is 9.00. The van der Waals surface area contributed by atoms with E-state index >= 15 is 0 Å². The molecule has 7 heteroatoms. The Kier molecular flexibility index (Phi) is 6.11. The first-order valence-corrected chi connectivity index (χ1v) is 10.7. The molecule has 0 saturated heterocycles. The van der Waals surface area contributed by atoms with E-state index in [9.17, 15) is 9.59 Å². The number of anilines is 2. The molecule has 0 bridgehead atoms. The van der Waals surface area contributed by atoms with Crippen LogP contribution in [0.5, 0.6) is 11.5 Å².